The second-order valence-corrected chi connectivity index (χ2v) is 7.30. The molecule has 1 aliphatic carbocycles. The lowest BCUT2D eigenvalue weighted by Gasteiger charge is -2.36. The lowest BCUT2D eigenvalue weighted by molar-refractivity contribution is -0.159. The summed E-state index contributed by atoms with van der Waals surface area (Å²) >= 11 is 0. The third-order valence-corrected chi connectivity index (χ3v) is 4.82. The molecule has 24 heavy (non-hydrogen) atoms. The Kier molecular flexibility index (Phi) is 6.41. The van der Waals surface area contributed by atoms with Crippen molar-refractivity contribution in [3.05, 3.63) is 35.4 Å². The van der Waals surface area contributed by atoms with Crippen molar-refractivity contribution in [2.75, 3.05) is 6.61 Å². The Hall–Kier alpha value is -1.84. The highest BCUT2D eigenvalue weighted by molar-refractivity contribution is 5.90. The number of benzene rings is 1. The van der Waals surface area contributed by atoms with Crippen LogP contribution in [0.15, 0.2) is 24.3 Å². The Labute approximate surface area is 144 Å². The summed E-state index contributed by atoms with van der Waals surface area (Å²) in [7, 11) is 0. The van der Waals surface area contributed by atoms with Gasteiger partial charge in [0.25, 0.3) is 0 Å². The van der Waals surface area contributed by atoms with Gasteiger partial charge >= 0.3 is 11.9 Å². The molecular formula is C20H28O4. The van der Waals surface area contributed by atoms with Crippen LogP contribution in [-0.2, 0) is 14.3 Å². The molecular weight excluding hydrogens is 304 g/mol. The minimum Gasteiger partial charge on any atom is -0.460 e. The Balaban J connectivity index is 1.86. The maximum absolute atomic E-state index is 12.1. The molecule has 0 spiro atoms. The van der Waals surface area contributed by atoms with E-state index in [0.29, 0.717) is 23.3 Å². The van der Waals surface area contributed by atoms with Gasteiger partial charge < -0.3 is 9.47 Å². The standard InChI is InChI=1S/C20H28O4/c1-13(2)17-9-8-15(4)11-18(17)24-19(21)12-23-20(22)16-7-5-6-14(3)10-16/h5-7,10,13,15,17-18H,8-9,11-12H2,1-4H3/t15-,17-,18-/m1/s1. The molecule has 0 aromatic heterocycles. The van der Waals surface area contributed by atoms with Gasteiger partial charge in [-0.25, -0.2) is 9.59 Å². The van der Waals surface area contributed by atoms with Crippen LogP contribution < -0.4 is 0 Å². The summed E-state index contributed by atoms with van der Waals surface area (Å²) < 4.78 is 10.7. The number of aryl methyl sites for hydroxylation is 1. The third kappa shape index (κ3) is 5.08. The summed E-state index contributed by atoms with van der Waals surface area (Å²) in [4.78, 5) is 24.1. The number of carbonyl (C=O) groups is 2. The molecule has 0 N–H and O–H groups in total. The summed E-state index contributed by atoms with van der Waals surface area (Å²) in [5, 5.41) is 0. The molecule has 0 amide bonds. The molecule has 1 saturated carbocycles. The van der Waals surface area contributed by atoms with Crippen molar-refractivity contribution < 1.29 is 19.1 Å². The molecule has 1 aromatic carbocycles. The summed E-state index contributed by atoms with van der Waals surface area (Å²) in [6.45, 7) is 8.09. The maximum Gasteiger partial charge on any atom is 0.344 e. The molecule has 4 nitrogen and oxygen atoms in total. The van der Waals surface area contributed by atoms with Gasteiger partial charge in [-0.3, -0.25) is 0 Å². The van der Waals surface area contributed by atoms with Crippen molar-refractivity contribution in [2.24, 2.45) is 17.8 Å². The van der Waals surface area contributed by atoms with Crippen LogP contribution >= 0.6 is 0 Å². The molecule has 0 bridgehead atoms. The minimum absolute atomic E-state index is 0.0704. The van der Waals surface area contributed by atoms with Gasteiger partial charge in [0.15, 0.2) is 6.61 Å². The van der Waals surface area contributed by atoms with Gasteiger partial charge in [-0.1, -0.05) is 44.9 Å². The first kappa shape index (κ1) is 18.5. The molecule has 0 saturated heterocycles. The molecule has 3 atom stereocenters. The first-order valence-electron chi connectivity index (χ1n) is 8.80. The van der Waals surface area contributed by atoms with Crippen molar-refractivity contribution in [3.63, 3.8) is 0 Å². The van der Waals surface area contributed by atoms with E-state index in [0.717, 1.165) is 18.4 Å². The Morgan fingerprint density at radius 2 is 2.00 bits per heavy atom. The molecule has 132 valence electrons. The van der Waals surface area contributed by atoms with Crippen LogP contribution in [0.25, 0.3) is 0 Å². The average molecular weight is 332 g/mol. The van der Waals surface area contributed by atoms with E-state index in [1.54, 1.807) is 18.2 Å². The summed E-state index contributed by atoms with van der Waals surface area (Å²) in [6.07, 6.45) is 3.08. The molecule has 0 unspecified atom stereocenters. The molecule has 1 fully saturated rings. The van der Waals surface area contributed by atoms with Crippen LogP contribution in [0.2, 0.25) is 0 Å². The van der Waals surface area contributed by atoms with Crippen LogP contribution in [0.5, 0.6) is 0 Å². The Morgan fingerprint density at radius 3 is 2.67 bits per heavy atom. The fraction of sp³-hybridized carbons (Fsp3) is 0.600. The Bertz CT molecular complexity index is 579. The van der Waals surface area contributed by atoms with Gasteiger partial charge in [-0.05, 0) is 49.7 Å². The van der Waals surface area contributed by atoms with Crippen molar-refractivity contribution in [3.8, 4) is 0 Å². The lowest BCUT2D eigenvalue weighted by Crippen LogP contribution is -2.36. The van der Waals surface area contributed by atoms with Crippen molar-refractivity contribution in [1.82, 2.24) is 0 Å². The van der Waals surface area contributed by atoms with Gasteiger partial charge in [0.05, 0.1) is 5.56 Å². The number of hydrogen-bond acceptors (Lipinski definition) is 4. The second kappa shape index (κ2) is 8.32. The highest BCUT2D eigenvalue weighted by Crippen LogP contribution is 2.35. The fourth-order valence-electron chi connectivity index (χ4n) is 3.43. The first-order chi connectivity index (χ1) is 11.4. The van der Waals surface area contributed by atoms with Gasteiger partial charge in [-0.2, -0.15) is 0 Å². The first-order valence-corrected chi connectivity index (χ1v) is 8.80. The van der Waals surface area contributed by atoms with E-state index >= 15 is 0 Å². The van der Waals surface area contributed by atoms with E-state index in [1.807, 2.05) is 13.0 Å². The monoisotopic (exact) mass is 332 g/mol. The van der Waals surface area contributed by atoms with E-state index in [-0.39, 0.29) is 12.7 Å². The zero-order chi connectivity index (χ0) is 17.7. The topological polar surface area (TPSA) is 52.6 Å². The number of esters is 2. The number of carbonyl (C=O) groups excluding carboxylic acids is 2. The largest absolute Gasteiger partial charge is 0.460 e. The smallest absolute Gasteiger partial charge is 0.344 e. The normalized spacial score (nSPS) is 23.8. The van der Waals surface area contributed by atoms with Gasteiger partial charge in [0.2, 0.25) is 0 Å². The highest BCUT2D eigenvalue weighted by Gasteiger charge is 2.33. The van der Waals surface area contributed by atoms with Crippen molar-refractivity contribution in [2.45, 2.75) is 53.1 Å². The summed E-state index contributed by atoms with van der Waals surface area (Å²) in [5.74, 6) is 0.476. The summed E-state index contributed by atoms with van der Waals surface area (Å²) in [6, 6.07) is 7.12. The molecule has 4 heteroatoms. The zero-order valence-electron chi connectivity index (χ0n) is 15.1. The maximum atomic E-state index is 12.1. The van der Waals surface area contributed by atoms with Crippen LogP contribution in [0.3, 0.4) is 0 Å². The van der Waals surface area contributed by atoms with Gasteiger partial charge in [0.1, 0.15) is 6.10 Å². The van der Waals surface area contributed by atoms with Crippen LogP contribution in [0.4, 0.5) is 0 Å². The lowest BCUT2D eigenvalue weighted by atomic mass is 9.75. The molecule has 0 heterocycles. The van der Waals surface area contributed by atoms with E-state index in [1.165, 1.54) is 6.42 Å². The molecule has 2 rings (SSSR count). The fourth-order valence-corrected chi connectivity index (χ4v) is 3.43. The number of hydrogen-bond donors (Lipinski definition) is 0. The Morgan fingerprint density at radius 1 is 1.25 bits per heavy atom. The molecule has 1 aromatic rings. The summed E-state index contributed by atoms with van der Waals surface area (Å²) in [5.41, 5.74) is 1.43. The van der Waals surface area contributed by atoms with E-state index < -0.39 is 11.9 Å². The zero-order valence-corrected chi connectivity index (χ0v) is 15.1. The predicted molar refractivity (Wildman–Crippen MR) is 92.7 cm³/mol. The third-order valence-electron chi connectivity index (χ3n) is 4.82. The predicted octanol–water partition coefficient (Wildman–Crippen LogP) is 4.16. The number of rotatable bonds is 5. The number of ether oxygens (including phenoxy) is 2. The molecule has 0 radical (unpaired) electrons. The van der Waals surface area contributed by atoms with Crippen molar-refractivity contribution >= 4 is 11.9 Å². The van der Waals surface area contributed by atoms with Crippen LogP contribution in [0.1, 0.15) is 56.0 Å². The van der Waals surface area contributed by atoms with E-state index in [4.69, 9.17) is 9.47 Å². The highest BCUT2D eigenvalue weighted by atomic mass is 16.6. The molecule has 0 aliphatic heterocycles. The van der Waals surface area contributed by atoms with E-state index in [9.17, 15) is 9.59 Å². The molecule has 1 aliphatic rings. The van der Waals surface area contributed by atoms with Crippen LogP contribution in [-0.4, -0.2) is 24.6 Å². The van der Waals surface area contributed by atoms with Gasteiger partial charge in [0, 0.05) is 0 Å². The minimum atomic E-state index is -0.493. The second-order valence-electron chi connectivity index (χ2n) is 7.30. The average Bonchev–Trinajstić information content (AvgIpc) is 2.52. The SMILES string of the molecule is Cc1cccc(C(=O)OCC(=O)O[C@@H]2C[C@H](C)CC[C@@H]2C(C)C)c1. The van der Waals surface area contributed by atoms with Crippen LogP contribution in [0, 0.1) is 24.7 Å². The van der Waals surface area contributed by atoms with Gasteiger partial charge in [-0.15, -0.1) is 0 Å². The van der Waals surface area contributed by atoms with Crippen molar-refractivity contribution in [1.29, 1.82) is 0 Å². The van der Waals surface area contributed by atoms with E-state index in [2.05, 4.69) is 20.8 Å². The quantitative estimate of drug-likeness (QED) is 0.760.